The van der Waals surface area contributed by atoms with Gasteiger partial charge in [-0.25, -0.2) is 10.0 Å². The van der Waals surface area contributed by atoms with E-state index >= 15 is 0 Å². The van der Waals surface area contributed by atoms with Crippen molar-refractivity contribution in [1.82, 2.24) is 9.80 Å². The van der Waals surface area contributed by atoms with Gasteiger partial charge in [-0.05, 0) is 45.5 Å². The molecule has 1 saturated heterocycles. The number of hydrogen-bond donors (Lipinski definition) is 1. The summed E-state index contributed by atoms with van der Waals surface area (Å²) in [4.78, 5) is 22.0. The second-order valence-corrected chi connectivity index (χ2v) is 9.07. The van der Waals surface area contributed by atoms with Crippen LogP contribution in [0.2, 0.25) is 0 Å². The number of benzene rings is 1. The van der Waals surface area contributed by atoms with Crippen molar-refractivity contribution in [2.45, 2.75) is 26.7 Å². The molecule has 0 amide bonds. The molecule has 0 spiro atoms. The van der Waals surface area contributed by atoms with Crippen LogP contribution < -0.4 is 5.01 Å². The molecule has 8 heteroatoms. The van der Waals surface area contributed by atoms with Gasteiger partial charge in [0.1, 0.15) is 10.8 Å². The van der Waals surface area contributed by atoms with E-state index in [1.165, 1.54) is 4.88 Å². The van der Waals surface area contributed by atoms with Crippen molar-refractivity contribution in [2.75, 3.05) is 38.2 Å². The van der Waals surface area contributed by atoms with Crippen LogP contribution in [-0.2, 0) is 4.79 Å². The summed E-state index contributed by atoms with van der Waals surface area (Å²) in [5.74, 6) is 0.185. The van der Waals surface area contributed by atoms with Gasteiger partial charge in [0.2, 0.25) is 0 Å². The fourth-order valence-electron chi connectivity index (χ4n) is 3.71. The van der Waals surface area contributed by atoms with Crippen LogP contribution in [0.25, 0.3) is 0 Å². The van der Waals surface area contributed by atoms with Gasteiger partial charge in [0.25, 0.3) is 0 Å². The lowest BCUT2D eigenvalue weighted by molar-refractivity contribution is -0.136. The Morgan fingerprint density at radius 1 is 1.20 bits per heavy atom. The molecule has 0 bridgehead atoms. The first-order valence-corrected chi connectivity index (χ1v) is 11.0. The minimum absolute atomic E-state index is 0.0736. The molecule has 2 aromatic rings. The van der Waals surface area contributed by atoms with Crippen LogP contribution >= 0.6 is 11.3 Å². The Bertz CT molecular complexity index is 1000. The third-order valence-corrected chi connectivity index (χ3v) is 6.41. The lowest BCUT2D eigenvalue weighted by atomic mass is 10.2. The zero-order valence-corrected chi connectivity index (χ0v) is 18.4. The van der Waals surface area contributed by atoms with Gasteiger partial charge in [-0.3, -0.25) is 4.79 Å². The largest absolute Gasteiger partial charge is 0.481 e. The molecule has 4 rings (SSSR count). The summed E-state index contributed by atoms with van der Waals surface area (Å²) in [6.45, 7) is 7.88. The summed E-state index contributed by atoms with van der Waals surface area (Å²) < 4.78 is 0. The van der Waals surface area contributed by atoms with Crippen LogP contribution in [0.1, 0.15) is 30.2 Å². The maximum atomic E-state index is 11.0. The number of thiophene rings is 1. The molecule has 0 unspecified atom stereocenters. The van der Waals surface area contributed by atoms with Gasteiger partial charge in [0.15, 0.2) is 0 Å². The van der Waals surface area contributed by atoms with E-state index < -0.39 is 5.97 Å². The number of piperazine rings is 1. The number of amidine groups is 1. The van der Waals surface area contributed by atoms with Gasteiger partial charge >= 0.3 is 5.97 Å². The zero-order valence-electron chi connectivity index (χ0n) is 17.6. The Morgan fingerprint density at radius 3 is 2.67 bits per heavy atom. The van der Waals surface area contributed by atoms with Crippen LogP contribution in [-0.4, -0.2) is 65.6 Å². The molecule has 0 radical (unpaired) electrons. The van der Waals surface area contributed by atoms with E-state index in [-0.39, 0.29) is 6.42 Å². The number of rotatable bonds is 4. The normalized spacial score (nSPS) is 17.3. The molecule has 1 aromatic heterocycles. The Morgan fingerprint density at radius 2 is 1.93 bits per heavy atom. The number of aryl methyl sites for hydroxylation is 1. The van der Waals surface area contributed by atoms with E-state index in [0.717, 1.165) is 59.7 Å². The van der Waals surface area contributed by atoms with E-state index in [1.54, 1.807) is 11.3 Å². The van der Waals surface area contributed by atoms with Crippen molar-refractivity contribution in [3.05, 3.63) is 40.8 Å². The maximum absolute atomic E-state index is 11.0. The fourth-order valence-corrected chi connectivity index (χ4v) is 4.68. The topological polar surface area (TPSA) is 71.7 Å². The Hall–Kier alpha value is -2.71. The molecule has 3 heterocycles. The minimum Gasteiger partial charge on any atom is -0.481 e. The fraction of sp³-hybridized carbons (Fsp3) is 0.409. The van der Waals surface area contributed by atoms with Crippen LogP contribution in [0.3, 0.4) is 0 Å². The number of hydrazone groups is 1. The molecule has 158 valence electrons. The maximum Gasteiger partial charge on any atom is 0.303 e. The van der Waals surface area contributed by atoms with Crippen molar-refractivity contribution in [3.8, 4) is 0 Å². The van der Waals surface area contributed by atoms with Crippen LogP contribution in [0.4, 0.5) is 16.4 Å². The Kier molecular flexibility index (Phi) is 5.87. The van der Waals surface area contributed by atoms with Gasteiger partial charge in [-0.15, -0.1) is 11.3 Å². The van der Waals surface area contributed by atoms with E-state index in [4.69, 9.17) is 15.2 Å². The second kappa shape index (κ2) is 8.57. The molecule has 0 saturated carbocycles. The number of carboxylic acids is 1. The molecule has 7 nitrogen and oxygen atoms in total. The van der Waals surface area contributed by atoms with Crippen molar-refractivity contribution in [2.24, 2.45) is 10.1 Å². The van der Waals surface area contributed by atoms with E-state index in [2.05, 4.69) is 29.8 Å². The number of nitrogens with zero attached hydrogens (tertiary/aromatic N) is 5. The van der Waals surface area contributed by atoms with Gasteiger partial charge < -0.3 is 14.9 Å². The zero-order chi connectivity index (χ0) is 21.3. The van der Waals surface area contributed by atoms with E-state index in [0.29, 0.717) is 6.42 Å². The molecular formula is C22H27N5O2S. The molecular weight excluding hydrogens is 398 g/mol. The summed E-state index contributed by atoms with van der Waals surface area (Å²) in [6.07, 6.45) is 0.490. The average Bonchev–Trinajstić information content (AvgIpc) is 3.06. The highest BCUT2D eigenvalue weighted by Crippen LogP contribution is 2.44. The summed E-state index contributed by atoms with van der Waals surface area (Å²) in [5.41, 5.74) is 3.67. The Balaban J connectivity index is 1.80. The van der Waals surface area contributed by atoms with Gasteiger partial charge in [0, 0.05) is 36.8 Å². The number of aliphatic carboxylic acids is 1. The van der Waals surface area contributed by atoms with Gasteiger partial charge in [-0.1, -0.05) is 12.1 Å². The first-order chi connectivity index (χ1) is 14.4. The molecule has 1 N–H and O–H groups in total. The predicted octanol–water partition coefficient (Wildman–Crippen LogP) is 4.07. The lowest BCUT2D eigenvalue weighted by Gasteiger charge is -2.34. The number of hydrogen-bond acceptors (Lipinski definition) is 7. The van der Waals surface area contributed by atoms with Crippen molar-refractivity contribution >= 4 is 45.2 Å². The summed E-state index contributed by atoms with van der Waals surface area (Å²) in [5, 5.41) is 16.9. The third kappa shape index (κ3) is 4.24. The molecule has 0 aliphatic carbocycles. The van der Waals surface area contributed by atoms with Crippen LogP contribution in [0.15, 0.2) is 40.4 Å². The third-order valence-electron chi connectivity index (χ3n) is 5.38. The first kappa shape index (κ1) is 20.6. The molecule has 2 aliphatic rings. The molecule has 2 aliphatic heterocycles. The smallest absolute Gasteiger partial charge is 0.303 e. The molecule has 30 heavy (non-hydrogen) atoms. The predicted molar refractivity (Wildman–Crippen MR) is 123 cm³/mol. The lowest BCUT2D eigenvalue weighted by Crippen LogP contribution is -2.47. The monoisotopic (exact) mass is 425 g/mol. The Labute approximate surface area is 180 Å². The highest BCUT2D eigenvalue weighted by molar-refractivity contribution is 7.16. The quantitative estimate of drug-likeness (QED) is 0.748. The molecule has 1 fully saturated rings. The standard InChI is InChI=1S/C22H27N5O2S/c1-15(8-9-20(28)29)24-27-19-7-5-4-6-18(19)23-21(17-14-16(2)30-22(17)27)26-12-10-25(3)11-13-26/h4-7,14H,8-13H2,1-3H3,(H,28,29). The van der Waals surface area contributed by atoms with Gasteiger partial charge in [-0.2, -0.15) is 5.10 Å². The highest BCUT2D eigenvalue weighted by atomic mass is 32.1. The molecule has 0 atom stereocenters. The van der Waals surface area contributed by atoms with Gasteiger partial charge in [0.05, 0.1) is 23.4 Å². The minimum atomic E-state index is -0.811. The van der Waals surface area contributed by atoms with Crippen LogP contribution in [0, 0.1) is 6.92 Å². The van der Waals surface area contributed by atoms with E-state index in [9.17, 15) is 4.79 Å². The number of likely N-dealkylation sites (N-methyl/N-ethyl adjacent to an activating group) is 1. The SMILES string of the molecule is CC(CCC(=O)O)=NN1c2ccccc2N=C(N2CCN(C)CC2)c2cc(C)sc21. The number of fused-ring (bicyclic) bond motifs is 2. The van der Waals surface area contributed by atoms with E-state index in [1.807, 2.05) is 36.2 Å². The number of anilines is 2. The van der Waals surface area contributed by atoms with Crippen molar-refractivity contribution < 1.29 is 9.90 Å². The first-order valence-electron chi connectivity index (χ1n) is 10.2. The van der Waals surface area contributed by atoms with Crippen molar-refractivity contribution in [3.63, 3.8) is 0 Å². The highest BCUT2D eigenvalue weighted by Gasteiger charge is 2.29. The number of aliphatic imine (C=N–C) groups is 1. The summed E-state index contributed by atoms with van der Waals surface area (Å²) in [6, 6.07) is 10.2. The van der Waals surface area contributed by atoms with Crippen LogP contribution in [0.5, 0.6) is 0 Å². The summed E-state index contributed by atoms with van der Waals surface area (Å²) >= 11 is 1.69. The molecule has 1 aromatic carbocycles. The van der Waals surface area contributed by atoms with Crippen molar-refractivity contribution in [1.29, 1.82) is 0 Å². The number of para-hydroxylation sites is 2. The summed E-state index contributed by atoms with van der Waals surface area (Å²) in [7, 11) is 2.15. The average molecular weight is 426 g/mol. The number of carboxylic acid groups (broad SMARTS) is 1. The second-order valence-electron chi connectivity index (χ2n) is 7.83. The number of carbonyl (C=O) groups is 1.